The van der Waals surface area contributed by atoms with Gasteiger partial charge in [0.1, 0.15) is 5.00 Å². The van der Waals surface area contributed by atoms with E-state index in [9.17, 15) is 14.4 Å². The van der Waals surface area contributed by atoms with Crippen LogP contribution in [-0.4, -0.2) is 24.9 Å². The van der Waals surface area contributed by atoms with Crippen molar-refractivity contribution < 1.29 is 19.1 Å². The van der Waals surface area contributed by atoms with Crippen LogP contribution in [0.3, 0.4) is 0 Å². The summed E-state index contributed by atoms with van der Waals surface area (Å²) in [6.07, 6.45) is 0. The number of ether oxygens (including phenoxy) is 1. The van der Waals surface area contributed by atoms with E-state index < -0.39 is 11.9 Å². The minimum absolute atomic E-state index is 0.150. The number of nitrogen functional groups attached to an aromatic ring is 1. The second-order valence-corrected chi connectivity index (χ2v) is 8.57. The molecule has 1 aromatic heterocycles. The normalized spacial score (nSPS) is 10.5. The lowest BCUT2D eigenvalue weighted by atomic mass is 10.1. The lowest BCUT2D eigenvalue weighted by Crippen LogP contribution is -2.15. The Kier molecular flexibility index (Phi) is 6.64. The Bertz CT molecular complexity index is 1230. The van der Waals surface area contributed by atoms with Crippen molar-refractivity contribution in [2.24, 2.45) is 0 Å². The molecule has 0 fully saturated rings. The van der Waals surface area contributed by atoms with Crippen molar-refractivity contribution in [1.82, 2.24) is 0 Å². The molecule has 0 saturated carbocycles. The van der Waals surface area contributed by atoms with E-state index in [1.165, 1.54) is 7.11 Å². The monoisotopic (exact) mass is 451 g/mol. The maximum Gasteiger partial charge on any atom is 0.341 e. The van der Waals surface area contributed by atoms with E-state index >= 15 is 0 Å². The van der Waals surface area contributed by atoms with Gasteiger partial charge in [0.05, 0.1) is 17.6 Å². The van der Waals surface area contributed by atoms with Gasteiger partial charge in [-0.2, -0.15) is 0 Å². The molecule has 0 saturated heterocycles. The first-order valence-corrected chi connectivity index (χ1v) is 10.7. The van der Waals surface area contributed by atoms with Gasteiger partial charge >= 0.3 is 5.97 Å². The number of anilines is 3. The van der Waals surface area contributed by atoms with Crippen LogP contribution in [0.2, 0.25) is 0 Å². The number of hydrogen-bond donors (Lipinski definition) is 3. The highest BCUT2D eigenvalue weighted by molar-refractivity contribution is 7.19. The number of hydrogen-bond acceptors (Lipinski definition) is 6. The van der Waals surface area contributed by atoms with Crippen LogP contribution in [0.1, 0.15) is 52.6 Å². The molecule has 0 aliphatic rings. The van der Waals surface area contributed by atoms with Gasteiger partial charge < -0.3 is 21.1 Å². The topological polar surface area (TPSA) is 111 Å². The van der Waals surface area contributed by atoms with Crippen molar-refractivity contribution in [3.05, 3.63) is 74.7 Å². The third kappa shape index (κ3) is 4.65. The summed E-state index contributed by atoms with van der Waals surface area (Å²) in [7, 11) is 1.25. The molecule has 3 rings (SSSR count). The number of nitrogens with two attached hydrogens (primary N) is 1. The molecule has 4 N–H and O–H groups in total. The van der Waals surface area contributed by atoms with E-state index in [2.05, 4.69) is 10.6 Å². The Labute approximate surface area is 190 Å². The second-order valence-electron chi connectivity index (χ2n) is 7.55. The number of carbonyl (C=O) groups is 3. The fourth-order valence-corrected chi connectivity index (χ4v) is 4.34. The number of methoxy groups -OCH3 is 1. The van der Waals surface area contributed by atoms with Crippen LogP contribution in [0.15, 0.2) is 36.4 Å². The number of benzene rings is 2. The van der Waals surface area contributed by atoms with E-state index in [0.29, 0.717) is 27.4 Å². The second kappa shape index (κ2) is 9.23. The van der Waals surface area contributed by atoms with Gasteiger partial charge in [-0.15, -0.1) is 11.3 Å². The molecule has 7 nitrogen and oxygen atoms in total. The summed E-state index contributed by atoms with van der Waals surface area (Å²) in [6.45, 7) is 7.37. The Morgan fingerprint density at radius 1 is 0.906 bits per heavy atom. The number of carbonyl (C=O) groups excluding carboxylic acids is 3. The maximum absolute atomic E-state index is 13.0. The molecule has 0 aliphatic heterocycles. The van der Waals surface area contributed by atoms with Crippen LogP contribution >= 0.6 is 11.3 Å². The molecule has 32 heavy (non-hydrogen) atoms. The number of nitrogens with one attached hydrogen (secondary N) is 2. The highest BCUT2D eigenvalue weighted by atomic mass is 32.1. The predicted molar refractivity (Wildman–Crippen MR) is 128 cm³/mol. The first-order valence-electron chi connectivity index (χ1n) is 9.90. The molecule has 166 valence electrons. The zero-order valence-electron chi connectivity index (χ0n) is 18.6. The molecule has 8 heteroatoms. The summed E-state index contributed by atoms with van der Waals surface area (Å²) >= 11 is 1.02. The Hall–Kier alpha value is -3.65. The quantitative estimate of drug-likeness (QED) is 0.379. The maximum atomic E-state index is 13.0. The fraction of sp³-hybridized carbons (Fsp3) is 0.208. The number of amides is 2. The molecule has 0 spiro atoms. The van der Waals surface area contributed by atoms with E-state index in [0.717, 1.165) is 28.0 Å². The molecule has 0 atom stereocenters. The molecule has 0 bridgehead atoms. The van der Waals surface area contributed by atoms with Crippen LogP contribution in [0.5, 0.6) is 0 Å². The van der Waals surface area contributed by atoms with Crippen LogP contribution < -0.4 is 16.4 Å². The van der Waals surface area contributed by atoms with Gasteiger partial charge in [0.2, 0.25) is 0 Å². The van der Waals surface area contributed by atoms with E-state index in [1.54, 1.807) is 25.1 Å². The van der Waals surface area contributed by atoms with Crippen molar-refractivity contribution >= 4 is 45.5 Å². The summed E-state index contributed by atoms with van der Waals surface area (Å²) in [5.74, 6) is -1.45. The standard InChI is InChI=1S/C24H25N3O4S/c1-12-6-9-18(14(3)10-12)26-22(29)20-15(4)19(24(30)31-5)23(32-20)27-21(28)16-8-7-13(2)17(25)11-16/h6-11H,25H2,1-5H3,(H,26,29)(H,27,28). The lowest BCUT2D eigenvalue weighted by molar-refractivity contribution is 0.0601. The summed E-state index contributed by atoms with van der Waals surface area (Å²) in [5.41, 5.74) is 10.9. The van der Waals surface area contributed by atoms with Crippen molar-refractivity contribution in [2.45, 2.75) is 27.7 Å². The number of esters is 1. The summed E-state index contributed by atoms with van der Waals surface area (Å²) < 4.78 is 4.89. The molecule has 2 aromatic carbocycles. The average molecular weight is 452 g/mol. The number of aryl methyl sites for hydroxylation is 3. The van der Waals surface area contributed by atoms with Gasteiger partial charge in [-0.25, -0.2) is 4.79 Å². The summed E-state index contributed by atoms with van der Waals surface area (Å²) in [6, 6.07) is 10.7. The van der Waals surface area contributed by atoms with Crippen molar-refractivity contribution in [2.75, 3.05) is 23.5 Å². The Balaban J connectivity index is 1.95. The highest BCUT2D eigenvalue weighted by Crippen LogP contribution is 2.35. The average Bonchev–Trinajstić information content (AvgIpc) is 3.07. The minimum atomic E-state index is -0.636. The van der Waals surface area contributed by atoms with Gasteiger partial charge in [-0.05, 0) is 62.6 Å². The largest absolute Gasteiger partial charge is 0.465 e. The first-order chi connectivity index (χ1) is 15.1. The van der Waals surface area contributed by atoms with Crippen molar-refractivity contribution in [3.63, 3.8) is 0 Å². The van der Waals surface area contributed by atoms with Gasteiger partial charge in [0.15, 0.2) is 0 Å². The van der Waals surface area contributed by atoms with Crippen LogP contribution in [0.4, 0.5) is 16.4 Å². The van der Waals surface area contributed by atoms with Crippen molar-refractivity contribution in [1.29, 1.82) is 0 Å². The molecular formula is C24H25N3O4S. The molecule has 0 unspecified atom stereocenters. The lowest BCUT2D eigenvalue weighted by Gasteiger charge is -2.08. The van der Waals surface area contributed by atoms with Gasteiger partial charge in [-0.3, -0.25) is 9.59 Å². The first kappa shape index (κ1) is 23.0. The van der Waals surface area contributed by atoms with E-state index in [1.807, 2.05) is 39.0 Å². The van der Waals surface area contributed by atoms with Crippen LogP contribution in [-0.2, 0) is 4.74 Å². The third-order valence-electron chi connectivity index (χ3n) is 5.14. The fourth-order valence-electron chi connectivity index (χ4n) is 3.26. The van der Waals surface area contributed by atoms with Crippen LogP contribution in [0, 0.1) is 27.7 Å². The molecule has 0 radical (unpaired) electrons. The predicted octanol–water partition coefficient (Wildman–Crippen LogP) is 4.86. The van der Waals surface area contributed by atoms with Gasteiger partial charge in [0, 0.05) is 16.9 Å². The molecule has 2 amide bonds. The SMILES string of the molecule is COC(=O)c1c(NC(=O)c2ccc(C)c(N)c2)sc(C(=O)Nc2ccc(C)cc2C)c1C. The Morgan fingerprint density at radius 3 is 2.25 bits per heavy atom. The van der Waals surface area contributed by atoms with Gasteiger partial charge in [0.25, 0.3) is 11.8 Å². The summed E-state index contributed by atoms with van der Waals surface area (Å²) in [4.78, 5) is 38.5. The van der Waals surface area contributed by atoms with Gasteiger partial charge in [-0.1, -0.05) is 23.8 Å². The molecule has 0 aliphatic carbocycles. The summed E-state index contributed by atoms with van der Waals surface area (Å²) in [5, 5.41) is 5.85. The number of thiophene rings is 1. The van der Waals surface area contributed by atoms with E-state index in [-0.39, 0.29) is 16.5 Å². The minimum Gasteiger partial charge on any atom is -0.465 e. The van der Waals surface area contributed by atoms with Crippen LogP contribution in [0.25, 0.3) is 0 Å². The number of rotatable bonds is 5. The zero-order chi connectivity index (χ0) is 23.6. The molecule has 3 aromatic rings. The highest BCUT2D eigenvalue weighted by Gasteiger charge is 2.27. The Morgan fingerprint density at radius 2 is 1.62 bits per heavy atom. The zero-order valence-corrected chi connectivity index (χ0v) is 19.4. The molecule has 1 heterocycles. The molecular weight excluding hydrogens is 426 g/mol. The van der Waals surface area contributed by atoms with E-state index in [4.69, 9.17) is 10.5 Å². The third-order valence-corrected chi connectivity index (χ3v) is 6.35. The van der Waals surface area contributed by atoms with Crippen molar-refractivity contribution in [3.8, 4) is 0 Å². The smallest absolute Gasteiger partial charge is 0.341 e.